The number of fused-ring (bicyclic) bond motifs is 1. The van der Waals surface area contributed by atoms with Crippen LogP contribution in [-0.4, -0.2) is 20.9 Å². The number of carbonyl (C=O) groups excluding carboxylic acids is 1. The topological polar surface area (TPSA) is 84.5 Å². The van der Waals surface area contributed by atoms with E-state index in [1.54, 1.807) is 30.3 Å². The van der Waals surface area contributed by atoms with Crippen LogP contribution in [0.3, 0.4) is 0 Å². The first-order chi connectivity index (χ1) is 12.3. The van der Waals surface area contributed by atoms with Gasteiger partial charge in [-0.05, 0) is 60.9 Å². The van der Waals surface area contributed by atoms with Crippen LogP contribution in [0, 0.1) is 5.92 Å². The Hall–Kier alpha value is -2.54. The second kappa shape index (κ2) is 6.99. The molecule has 1 heterocycles. The van der Waals surface area contributed by atoms with Crippen molar-refractivity contribution in [2.75, 3.05) is 16.6 Å². The van der Waals surface area contributed by atoms with E-state index >= 15 is 0 Å². The average Bonchev–Trinajstić information content (AvgIpc) is 2.90. The standard InChI is InChI=1S/C19H22N2O4S/c1-4-25-14-6-8-15(9-7-14)26(23,24)21-13-5-10-17-16(11-13)18(12(2)3)19(22)20-17/h5-12,18,21H,4H2,1-3H3,(H,20,22). The van der Waals surface area contributed by atoms with Gasteiger partial charge in [0.2, 0.25) is 5.91 Å². The molecule has 0 fully saturated rings. The number of anilines is 2. The zero-order valence-corrected chi connectivity index (χ0v) is 15.8. The lowest BCUT2D eigenvalue weighted by Crippen LogP contribution is -2.17. The molecule has 7 heteroatoms. The third kappa shape index (κ3) is 3.53. The summed E-state index contributed by atoms with van der Waals surface area (Å²) in [5.74, 6) is 0.406. The molecule has 1 atom stereocenters. The second-order valence-corrected chi connectivity index (χ2v) is 8.21. The number of hydrogen-bond donors (Lipinski definition) is 2. The fourth-order valence-electron chi connectivity index (χ4n) is 3.11. The third-order valence-electron chi connectivity index (χ3n) is 4.29. The number of rotatable bonds is 6. The Morgan fingerprint density at radius 2 is 1.85 bits per heavy atom. The Balaban J connectivity index is 1.86. The number of ether oxygens (including phenoxy) is 1. The monoisotopic (exact) mass is 374 g/mol. The van der Waals surface area contributed by atoms with E-state index in [1.807, 2.05) is 20.8 Å². The van der Waals surface area contributed by atoms with Crippen LogP contribution in [0.15, 0.2) is 47.4 Å². The van der Waals surface area contributed by atoms with Crippen molar-refractivity contribution in [3.63, 3.8) is 0 Å². The number of benzene rings is 2. The number of sulfonamides is 1. The van der Waals surface area contributed by atoms with Crippen LogP contribution in [0.1, 0.15) is 32.3 Å². The summed E-state index contributed by atoms with van der Waals surface area (Å²) in [6.07, 6.45) is 0. The van der Waals surface area contributed by atoms with E-state index in [2.05, 4.69) is 10.0 Å². The molecule has 0 aromatic heterocycles. The molecule has 2 aromatic carbocycles. The number of carbonyl (C=O) groups is 1. The first-order valence-corrected chi connectivity index (χ1v) is 10.0. The Labute approximate surface area is 153 Å². The molecule has 2 aromatic rings. The van der Waals surface area contributed by atoms with Gasteiger partial charge in [-0.3, -0.25) is 9.52 Å². The molecule has 3 rings (SSSR count). The van der Waals surface area contributed by atoms with Crippen LogP contribution in [-0.2, 0) is 14.8 Å². The van der Waals surface area contributed by atoms with Gasteiger partial charge in [0.1, 0.15) is 5.75 Å². The molecule has 0 aliphatic carbocycles. The summed E-state index contributed by atoms with van der Waals surface area (Å²) in [7, 11) is -3.72. The van der Waals surface area contributed by atoms with E-state index in [-0.39, 0.29) is 22.6 Å². The average molecular weight is 374 g/mol. The first kappa shape index (κ1) is 18.3. The zero-order chi connectivity index (χ0) is 18.9. The van der Waals surface area contributed by atoms with E-state index in [0.717, 1.165) is 11.3 Å². The van der Waals surface area contributed by atoms with E-state index < -0.39 is 10.0 Å². The van der Waals surface area contributed by atoms with Crippen molar-refractivity contribution >= 4 is 27.3 Å². The highest BCUT2D eigenvalue weighted by atomic mass is 32.2. The van der Waals surface area contributed by atoms with Crippen LogP contribution in [0.5, 0.6) is 5.75 Å². The smallest absolute Gasteiger partial charge is 0.261 e. The highest BCUT2D eigenvalue weighted by Gasteiger charge is 2.33. The highest BCUT2D eigenvalue weighted by Crippen LogP contribution is 2.39. The molecular weight excluding hydrogens is 352 g/mol. The Bertz CT molecular complexity index is 921. The molecule has 1 unspecified atom stereocenters. The predicted octanol–water partition coefficient (Wildman–Crippen LogP) is 3.58. The van der Waals surface area contributed by atoms with E-state index in [4.69, 9.17) is 4.74 Å². The first-order valence-electron chi connectivity index (χ1n) is 8.52. The third-order valence-corrected chi connectivity index (χ3v) is 5.69. The Morgan fingerprint density at radius 1 is 1.15 bits per heavy atom. The van der Waals surface area contributed by atoms with Crippen molar-refractivity contribution < 1.29 is 17.9 Å². The molecule has 0 saturated heterocycles. The summed E-state index contributed by atoms with van der Waals surface area (Å²) in [5.41, 5.74) is 1.98. The Morgan fingerprint density at radius 3 is 2.46 bits per heavy atom. The summed E-state index contributed by atoms with van der Waals surface area (Å²) in [5, 5.41) is 2.84. The van der Waals surface area contributed by atoms with Crippen molar-refractivity contribution in [2.24, 2.45) is 5.92 Å². The van der Waals surface area contributed by atoms with Crippen molar-refractivity contribution in [1.29, 1.82) is 0 Å². The summed E-state index contributed by atoms with van der Waals surface area (Å²) in [4.78, 5) is 12.3. The minimum Gasteiger partial charge on any atom is -0.494 e. The van der Waals surface area contributed by atoms with Gasteiger partial charge in [0.05, 0.1) is 17.4 Å². The van der Waals surface area contributed by atoms with E-state index in [0.29, 0.717) is 18.0 Å². The second-order valence-electron chi connectivity index (χ2n) is 6.52. The molecule has 1 amide bonds. The molecule has 2 N–H and O–H groups in total. The minimum atomic E-state index is -3.72. The Kier molecular flexibility index (Phi) is 4.91. The van der Waals surface area contributed by atoms with Gasteiger partial charge in [-0.25, -0.2) is 8.42 Å². The molecule has 1 aliphatic rings. The molecule has 138 valence electrons. The van der Waals surface area contributed by atoms with Gasteiger partial charge in [-0.1, -0.05) is 13.8 Å². The highest BCUT2D eigenvalue weighted by molar-refractivity contribution is 7.92. The lowest BCUT2D eigenvalue weighted by molar-refractivity contribution is -0.117. The number of nitrogens with one attached hydrogen (secondary N) is 2. The van der Waals surface area contributed by atoms with Gasteiger partial charge in [-0.2, -0.15) is 0 Å². The van der Waals surface area contributed by atoms with Crippen LogP contribution in [0.25, 0.3) is 0 Å². The van der Waals surface area contributed by atoms with Crippen LogP contribution < -0.4 is 14.8 Å². The summed E-state index contributed by atoms with van der Waals surface area (Å²) in [6, 6.07) is 11.4. The zero-order valence-electron chi connectivity index (χ0n) is 14.9. The maximum Gasteiger partial charge on any atom is 0.261 e. The predicted molar refractivity (Wildman–Crippen MR) is 101 cm³/mol. The maximum atomic E-state index is 12.6. The largest absolute Gasteiger partial charge is 0.494 e. The molecular formula is C19H22N2O4S. The summed E-state index contributed by atoms with van der Waals surface area (Å²) < 4.78 is 33.1. The van der Waals surface area contributed by atoms with Crippen LogP contribution in [0.4, 0.5) is 11.4 Å². The van der Waals surface area contributed by atoms with Gasteiger partial charge in [0.15, 0.2) is 0 Å². The van der Waals surface area contributed by atoms with Crippen molar-refractivity contribution in [3.8, 4) is 5.75 Å². The van der Waals surface area contributed by atoms with Crippen LogP contribution in [0.2, 0.25) is 0 Å². The summed E-state index contributed by atoms with van der Waals surface area (Å²) in [6.45, 7) is 6.32. The fraction of sp³-hybridized carbons (Fsp3) is 0.316. The van der Waals surface area contributed by atoms with Crippen molar-refractivity contribution in [3.05, 3.63) is 48.0 Å². The summed E-state index contributed by atoms with van der Waals surface area (Å²) >= 11 is 0. The van der Waals surface area contributed by atoms with E-state index in [1.165, 1.54) is 12.1 Å². The van der Waals surface area contributed by atoms with Crippen molar-refractivity contribution in [1.82, 2.24) is 0 Å². The maximum absolute atomic E-state index is 12.6. The lowest BCUT2D eigenvalue weighted by Gasteiger charge is -2.14. The van der Waals surface area contributed by atoms with Gasteiger partial charge in [-0.15, -0.1) is 0 Å². The molecule has 26 heavy (non-hydrogen) atoms. The SMILES string of the molecule is CCOc1ccc(S(=O)(=O)Nc2ccc3c(c2)C(C(C)C)C(=O)N3)cc1. The fourth-order valence-corrected chi connectivity index (χ4v) is 4.16. The number of hydrogen-bond acceptors (Lipinski definition) is 4. The van der Waals surface area contributed by atoms with Crippen molar-refractivity contribution in [2.45, 2.75) is 31.6 Å². The number of amides is 1. The molecule has 0 radical (unpaired) electrons. The lowest BCUT2D eigenvalue weighted by atomic mass is 9.89. The van der Waals surface area contributed by atoms with E-state index in [9.17, 15) is 13.2 Å². The van der Waals surface area contributed by atoms with Gasteiger partial charge < -0.3 is 10.1 Å². The molecule has 6 nitrogen and oxygen atoms in total. The molecule has 0 spiro atoms. The quantitative estimate of drug-likeness (QED) is 0.809. The molecule has 0 saturated carbocycles. The normalized spacial score (nSPS) is 16.3. The molecule has 0 bridgehead atoms. The van der Waals surface area contributed by atoms with Gasteiger partial charge in [0.25, 0.3) is 10.0 Å². The minimum absolute atomic E-state index is 0.0541. The van der Waals surface area contributed by atoms with Gasteiger partial charge >= 0.3 is 0 Å². The van der Waals surface area contributed by atoms with Crippen LogP contribution >= 0.6 is 0 Å². The molecule has 1 aliphatic heterocycles. The van der Waals surface area contributed by atoms with Gasteiger partial charge in [0, 0.05) is 11.4 Å².